The predicted molar refractivity (Wildman–Crippen MR) is 358 cm³/mol. The van der Waals surface area contributed by atoms with Crippen molar-refractivity contribution in [2.75, 3.05) is 11.2 Å². The first-order valence-electron chi connectivity index (χ1n) is 28.2. The number of benzene rings is 12. The maximum absolute atomic E-state index is 2.36. The van der Waals surface area contributed by atoms with Crippen molar-refractivity contribution >= 4 is 90.1 Å². The van der Waals surface area contributed by atoms with Crippen molar-refractivity contribution in [1.82, 2.24) is 0 Å². The van der Waals surface area contributed by atoms with Crippen LogP contribution >= 0.6 is 7.26 Å². The summed E-state index contributed by atoms with van der Waals surface area (Å²) in [6, 6.07) is 132. The van der Waals surface area contributed by atoms with Crippen LogP contribution in [0.5, 0.6) is 0 Å². The van der Waals surface area contributed by atoms with Gasteiger partial charge in [-0.2, -0.15) is 43.7 Å². The molecular weight excluding hydrogens is 998 g/mol. The Bertz CT molecular complexity index is 3060. The predicted octanol–water partition coefficient (Wildman–Crippen LogP) is 11.9. The summed E-state index contributed by atoms with van der Waals surface area (Å²) in [5.74, 6) is 2.37. The maximum atomic E-state index is 2.36. The van der Waals surface area contributed by atoms with Crippen LogP contribution in [0.4, 0.5) is 0 Å². The molecule has 0 amide bonds. The monoisotopic (exact) mass is 1070 g/mol. The Morgan fingerprint density at radius 3 is 0.600 bits per heavy atom. The molecule has 1 unspecified atom stereocenters. The Kier molecular flexibility index (Phi) is 18.8. The molecule has 0 bridgehead atoms. The third-order valence-corrected chi connectivity index (χ3v) is 24.1. The highest BCUT2D eigenvalue weighted by molar-refractivity contribution is 8.11. The van der Waals surface area contributed by atoms with Gasteiger partial charge in [0.25, 0.3) is 0 Å². The molecule has 0 aliphatic rings. The summed E-state index contributed by atoms with van der Waals surface area (Å²) in [5.41, 5.74) is 13.4. The average molecular weight is 1070 g/mol. The van der Waals surface area contributed by atoms with Gasteiger partial charge in [-0.25, -0.2) is 0 Å². The summed E-state index contributed by atoms with van der Waals surface area (Å²) < 4.78 is 0. The Hall–Kier alpha value is -8.45. The Morgan fingerprint density at radius 2 is 0.412 bits per heavy atom. The van der Waals surface area contributed by atoms with Gasteiger partial charge in [-0.3, -0.25) is 0 Å². The molecular formula is C76H69B2PS. The lowest BCUT2D eigenvalue weighted by Crippen LogP contribution is -2.74. The van der Waals surface area contributed by atoms with Crippen LogP contribution in [0, 0.1) is 0 Å². The van der Waals surface area contributed by atoms with Crippen molar-refractivity contribution in [3.63, 3.8) is 0 Å². The minimum absolute atomic E-state index is 0.296. The zero-order valence-electron chi connectivity index (χ0n) is 45.8. The van der Waals surface area contributed by atoms with Crippen LogP contribution in [0.15, 0.2) is 364 Å². The first kappa shape index (κ1) is 54.9. The zero-order chi connectivity index (χ0) is 54.6. The van der Waals surface area contributed by atoms with E-state index in [1.165, 1.54) is 76.4 Å². The number of rotatable bonds is 16. The molecule has 0 saturated heterocycles. The smallest absolute Gasteiger partial charge is 0.195 e. The molecule has 12 aromatic rings. The van der Waals surface area contributed by atoms with Crippen molar-refractivity contribution in [1.29, 1.82) is 0 Å². The molecule has 4 heteroatoms. The standard InChI is InChI=1S/C28H29PS.2C24H20B/c1-2-30(23-25-15-7-3-8-16-25)24-29(26-17-9-4-10-18-26,27-19-11-5-12-20-27)28-21-13-6-14-22-28;2*1-5-13-21(14-6-1)25(22-15-7-2-8-16-22,23-17-9-3-10-18-23)24-19-11-4-12-20-24/h3-22H,2,23-24H2,1H3;2*1-20H/q+2;2*-1. The molecule has 0 heterocycles. The molecule has 1 atom stereocenters. The van der Waals surface area contributed by atoms with E-state index < -0.39 is 19.6 Å². The molecule has 0 fully saturated rings. The highest BCUT2D eigenvalue weighted by Crippen LogP contribution is 2.57. The van der Waals surface area contributed by atoms with Gasteiger partial charge in [-0.1, -0.05) is 328 Å². The third kappa shape index (κ3) is 12.1. The highest BCUT2D eigenvalue weighted by atomic mass is 32.2. The normalized spacial score (nSPS) is 11.7. The first-order valence-corrected chi connectivity index (χ1v) is 31.9. The molecule has 0 nitrogen and oxygen atoms in total. The molecule has 390 valence electrons. The third-order valence-electron chi connectivity index (χ3n) is 16.0. The Balaban J connectivity index is 0.000000136. The molecule has 0 aliphatic heterocycles. The molecule has 12 rings (SSSR count). The van der Waals surface area contributed by atoms with Crippen molar-refractivity contribution in [2.24, 2.45) is 0 Å². The van der Waals surface area contributed by atoms with E-state index in [2.05, 4.69) is 371 Å². The van der Waals surface area contributed by atoms with Gasteiger partial charge in [-0.05, 0) is 43.3 Å². The first-order chi connectivity index (χ1) is 39.7. The van der Waals surface area contributed by atoms with E-state index in [4.69, 9.17) is 0 Å². The minimum Gasteiger partial charge on any atom is -0.195 e. The lowest BCUT2D eigenvalue weighted by molar-refractivity contribution is 1.37. The lowest BCUT2D eigenvalue weighted by atomic mass is 9.13. The SMILES string of the molecule is CC[S+](Cc1ccccc1)C[P+](c1ccccc1)(c1ccccc1)c1ccccc1.c1ccc([B-](c2ccccc2)(c2ccccc2)c2ccccc2)cc1.c1ccc([B-](c2ccccc2)(c2ccccc2)c2ccccc2)cc1. The van der Waals surface area contributed by atoms with Crippen molar-refractivity contribution in [2.45, 2.75) is 12.7 Å². The van der Waals surface area contributed by atoms with Crippen LogP contribution < -0.4 is 59.6 Å². The second-order valence-corrected chi connectivity index (χ2v) is 26.8. The minimum atomic E-state index is -1.75. The van der Waals surface area contributed by atoms with E-state index in [0.717, 1.165) is 5.75 Å². The van der Waals surface area contributed by atoms with Crippen LogP contribution in [-0.2, 0) is 16.6 Å². The van der Waals surface area contributed by atoms with Crippen LogP contribution in [0.25, 0.3) is 0 Å². The summed E-state index contributed by atoms with van der Waals surface area (Å²) in [5, 5.41) is 4.46. The number of hydrogen-bond acceptors (Lipinski definition) is 0. The fourth-order valence-corrected chi connectivity index (χ4v) is 21.2. The van der Waals surface area contributed by atoms with E-state index >= 15 is 0 Å². The second-order valence-electron chi connectivity index (χ2n) is 20.5. The zero-order valence-corrected chi connectivity index (χ0v) is 47.5. The Labute approximate surface area is 480 Å². The summed E-state index contributed by atoms with van der Waals surface area (Å²) in [7, 11) is -1.45. The molecule has 0 aromatic heterocycles. The van der Waals surface area contributed by atoms with Gasteiger partial charge in [0.15, 0.2) is 7.26 Å². The van der Waals surface area contributed by atoms with Crippen LogP contribution in [0.3, 0.4) is 0 Å². The van der Waals surface area contributed by atoms with Crippen LogP contribution in [0.1, 0.15) is 12.5 Å². The molecule has 0 spiro atoms. The van der Waals surface area contributed by atoms with Gasteiger partial charge in [0.05, 0.1) is 0 Å². The van der Waals surface area contributed by atoms with Gasteiger partial charge in [0.1, 0.15) is 39.7 Å². The van der Waals surface area contributed by atoms with Crippen LogP contribution in [-0.4, -0.2) is 23.5 Å². The summed E-state index contributed by atoms with van der Waals surface area (Å²) in [4.78, 5) is 0. The summed E-state index contributed by atoms with van der Waals surface area (Å²) in [6.45, 7) is 2.36. The molecule has 0 N–H and O–H groups in total. The van der Waals surface area contributed by atoms with E-state index in [1.54, 1.807) is 0 Å². The van der Waals surface area contributed by atoms with Gasteiger partial charge in [0.2, 0.25) is 5.49 Å². The van der Waals surface area contributed by atoms with E-state index in [0.29, 0.717) is 10.9 Å². The lowest BCUT2D eigenvalue weighted by Gasteiger charge is -2.44. The van der Waals surface area contributed by atoms with Gasteiger partial charge >= 0.3 is 0 Å². The van der Waals surface area contributed by atoms with Gasteiger partial charge < -0.3 is 0 Å². The molecule has 0 aliphatic carbocycles. The van der Waals surface area contributed by atoms with E-state index in [9.17, 15) is 0 Å². The summed E-state index contributed by atoms with van der Waals surface area (Å²) in [6.07, 6.45) is -2.43. The van der Waals surface area contributed by atoms with E-state index in [1.807, 2.05) is 0 Å². The molecule has 80 heavy (non-hydrogen) atoms. The van der Waals surface area contributed by atoms with Gasteiger partial charge in [-0.15, -0.1) is 0 Å². The molecule has 12 aromatic carbocycles. The highest BCUT2D eigenvalue weighted by Gasteiger charge is 2.51. The second kappa shape index (κ2) is 27.4. The largest absolute Gasteiger partial charge is 0.222 e. The van der Waals surface area contributed by atoms with Gasteiger partial charge in [0, 0.05) is 16.5 Å². The van der Waals surface area contributed by atoms with Crippen molar-refractivity contribution in [3.8, 4) is 0 Å². The fourth-order valence-electron chi connectivity index (χ4n) is 12.3. The maximum Gasteiger partial charge on any atom is 0.222 e. The van der Waals surface area contributed by atoms with Crippen molar-refractivity contribution in [3.05, 3.63) is 370 Å². The van der Waals surface area contributed by atoms with Crippen LogP contribution in [0.2, 0.25) is 0 Å². The average Bonchev–Trinajstić information content (AvgIpc) is 3.56. The number of hydrogen-bond donors (Lipinski definition) is 0. The summed E-state index contributed by atoms with van der Waals surface area (Å²) >= 11 is 0. The molecule has 0 saturated carbocycles. The van der Waals surface area contributed by atoms with E-state index in [-0.39, 0.29) is 0 Å². The molecule has 0 radical (unpaired) electrons. The Morgan fingerprint density at radius 1 is 0.237 bits per heavy atom. The fraction of sp³-hybridized carbons (Fsp3) is 0.0526. The topological polar surface area (TPSA) is 0 Å². The van der Waals surface area contributed by atoms with Crippen molar-refractivity contribution < 1.29 is 0 Å². The quantitative estimate of drug-likeness (QED) is 0.0514.